The van der Waals surface area contributed by atoms with Crippen molar-refractivity contribution in [2.24, 2.45) is 0 Å². The third-order valence-electron chi connectivity index (χ3n) is 4.79. The fourth-order valence-electron chi connectivity index (χ4n) is 3.04. The van der Waals surface area contributed by atoms with E-state index < -0.39 is 0 Å². The lowest BCUT2D eigenvalue weighted by atomic mass is 10.1. The van der Waals surface area contributed by atoms with Crippen LogP contribution in [0.25, 0.3) is 11.3 Å². The maximum absolute atomic E-state index is 13.2. The SMILES string of the molecule is COc1cccc(-c2cc(C(=O)N(CCC(=O)NCCN(C)C)Cc3ccco3)no2)c1. The minimum atomic E-state index is -0.347. The van der Waals surface area contributed by atoms with Gasteiger partial charge in [0.1, 0.15) is 11.5 Å². The standard InChI is InChI=1S/C23H28N4O5/c1-26(2)12-10-24-22(28)9-11-27(16-19-8-5-13-31-19)23(29)20-15-21(32-25-20)17-6-4-7-18(14-17)30-3/h4-8,13-15H,9-12,16H2,1-3H3,(H,24,28). The Morgan fingerprint density at radius 1 is 1.12 bits per heavy atom. The lowest BCUT2D eigenvalue weighted by Crippen LogP contribution is -2.36. The summed E-state index contributed by atoms with van der Waals surface area (Å²) in [4.78, 5) is 28.9. The minimum absolute atomic E-state index is 0.124. The molecule has 0 unspecified atom stereocenters. The second-order valence-electron chi connectivity index (χ2n) is 7.52. The van der Waals surface area contributed by atoms with Crippen LogP contribution in [-0.4, -0.2) is 67.6 Å². The molecule has 0 saturated carbocycles. The molecule has 0 atom stereocenters. The molecule has 0 spiro atoms. The third-order valence-corrected chi connectivity index (χ3v) is 4.79. The molecule has 0 saturated heterocycles. The van der Waals surface area contributed by atoms with Gasteiger partial charge in [-0.2, -0.15) is 0 Å². The molecule has 2 aromatic heterocycles. The monoisotopic (exact) mass is 440 g/mol. The molecule has 3 aromatic rings. The summed E-state index contributed by atoms with van der Waals surface area (Å²) < 4.78 is 16.0. The number of methoxy groups -OCH3 is 1. The molecule has 32 heavy (non-hydrogen) atoms. The Kier molecular flexibility index (Phi) is 8.04. The number of rotatable bonds is 11. The van der Waals surface area contributed by atoms with E-state index in [2.05, 4.69) is 10.5 Å². The molecule has 0 radical (unpaired) electrons. The van der Waals surface area contributed by atoms with Crippen molar-refractivity contribution in [3.8, 4) is 17.1 Å². The second kappa shape index (κ2) is 11.1. The molecule has 1 aromatic carbocycles. The molecular formula is C23H28N4O5. The van der Waals surface area contributed by atoms with Gasteiger partial charge in [-0.05, 0) is 38.4 Å². The number of benzene rings is 1. The molecular weight excluding hydrogens is 412 g/mol. The number of nitrogens with zero attached hydrogens (tertiary/aromatic N) is 3. The first-order valence-corrected chi connectivity index (χ1v) is 10.3. The van der Waals surface area contributed by atoms with Crippen molar-refractivity contribution >= 4 is 11.8 Å². The first kappa shape index (κ1) is 23.1. The number of hydrogen-bond acceptors (Lipinski definition) is 7. The van der Waals surface area contributed by atoms with Crippen LogP contribution in [0.15, 0.2) is 57.7 Å². The van der Waals surface area contributed by atoms with Crippen LogP contribution in [0.2, 0.25) is 0 Å². The second-order valence-corrected chi connectivity index (χ2v) is 7.52. The van der Waals surface area contributed by atoms with Crippen LogP contribution in [0.4, 0.5) is 0 Å². The van der Waals surface area contributed by atoms with Crippen LogP contribution in [0.1, 0.15) is 22.7 Å². The lowest BCUT2D eigenvalue weighted by Gasteiger charge is -2.20. The molecule has 9 nitrogen and oxygen atoms in total. The summed E-state index contributed by atoms with van der Waals surface area (Å²) in [5.74, 6) is 1.27. The number of nitrogens with one attached hydrogen (secondary N) is 1. The van der Waals surface area contributed by atoms with Crippen LogP contribution >= 0.6 is 0 Å². The summed E-state index contributed by atoms with van der Waals surface area (Å²) >= 11 is 0. The fourth-order valence-corrected chi connectivity index (χ4v) is 3.04. The summed E-state index contributed by atoms with van der Waals surface area (Å²) in [5.41, 5.74) is 0.899. The average Bonchev–Trinajstić information content (AvgIpc) is 3.48. The van der Waals surface area contributed by atoms with Gasteiger partial charge in [0.05, 0.1) is 19.9 Å². The first-order chi connectivity index (χ1) is 15.5. The normalized spacial score (nSPS) is 10.9. The van der Waals surface area contributed by atoms with Gasteiger partial charge in [0.2, 0.25) is 5.91 Å². The predicted molar refractivity (Wildman–Crippen MR) is 118 cm³/mol. The maximum atomic E-state index is 13.2. The van der Waals surface area contributed by atoms with Gasteiger partial charge in [0, 0.05) is 37.7 Å². The summed E-state index contributed by atoms with van der Waals surface area (Å²) in [7, 11) is 5.46. The van der Waals surface area contributed by atoms with E-state index in [0.29, 0.717) is 23.8 Å². The molecule has 3 rings (SSSR count). The molecule has 170 valence electrons. The molecule has 0 aliphatic heterocycles. The van der Waals surface area contributed by atoms with Crippen LogP contribution in [0.5, 0.6) is 5.75 Å². The highest BCUT2D eigenvalue weighted by atomic mass is 16.5. The van der Waals surface area contributed by atoms with Crippen LogP contribution < -0.4 is 10.1 Å². The van der Waals surface area contributed by atoms with Crippen molar-refractivity contribution < 1.29 is 23.3 Å². The Balaban J connectivity index is 1.69. The number of likely N-dealkylation sites (N-methyl/N-ethyl adjacent to an activating group) is 1. The van der Waals surface area contributed by atoms with Crippen LogP contribution in [-0.2, 0) is 11.3 Å². The van der Waals surface area contributed by atoms with E-state index >= 15 is 0 Å². The van der Waals surface area contributed by atoms with Crippen molar-refractivity contribution in [2.75, 3.05) is 40.8 Å². The zero-order valence-corrected chi connectivity index (χ0v) is 18.5. The highest BCUT2D eigenvalue weighted by Gasteiger charge is 2.22. The Bertz CT molecular complexity index is 1010. The molecule has 9 heteroatoms. The van der Waals surface area contributed by atoms with Crippen LogP contribution in [0.3, 0.4) is 0 Å². The molecule has 0 fully saturated rings. The van der Waals surface area contributed by atoms with E-state index in [4.69, 9.17) is 13.7 Å². The minimum Gasteiger partial charge on any atom is -0.497 e. The van der Waals surface area contributed by atoms with E-state index in [1.807, 2.05) is 37.2 Å². The number of ether oxygens (including phenoxy) is 1. The molecule has 1 N–H and O–H groups in total. The smallest absolute Gasteiger partial charge is 0.276 e. The topological polar surface area (TPSA) is 101 Å². The van der Waals surface area contributed by atoms with Gasteiger partial charge in [0.25, 0.3) is 5.91 Å². The van der Waals surface area contributed by atoms with Crippen LogP contribution in [0, 0.1) is 0 Å². The zero-order chi connectivity index (χ0) is 22.9. The quantitative estimate of drug-likeness (QED) is 0.489. The summed E-state index contributed by atoms with van der Waals surface area (Å²) in [6.07, 6.45) is 1.71. The summed E-state index contributed by atoms with van der Waals surface area (Å²) in [6, 6.07) is 12.4. The fraction of sp³-hybridized carbons (Fsp3) is 0.348. The molecule has 0 bridgehead atoms. The Morgan fingerprint density at radius 3 is 2.69 bits per heavy atom. The van der Waals surface area contributed by atoms with Gasteiger partial charge in [0.15, 0.2) is 11.5 Å². The molecule has 0 aliphatic carbocycles. The van der Waals surface area contributed by atoms with E-state index in [1.165, 1.54) is 4.90 Å². The number of amides is 2. The van der Waals surface area contributed by atoms with E-state index in [0.717, 1.165) is 12.1 Å². The van der Waals surface area contributed by atoms with E-state index in [1.54, 1.807) is 37.6 Å². The van der Waals surface area contributed by atoms with Gasteiger partial charge in [-0.25, -0.2) is 0 Å². The van der Waals surface area contributed by atoms with Crippen molar-refractivity contribution in [1.29, 1.82) is 0 Å². The first-order valence-electron chi connectivity index (χ1n) is 10.3. The van der Waals surface area contributed by atoms with Crippen molar-refractivity contribution in [2.45, 2.75) is 13.0 Å². The van der Waals surface area contributed by atoms with Gasteiger partial charge in [-0.1, -0.05) is 17.3 Å². The predicted octanol–water partition coefficient (Wildman–Crippen LogP) is 2.65. The number of furan rings is 1. The van der Waals surface area contributed by atoms with Gasteiger partial charge >= 0.3 is 0 Å². The number of carbonyl (C=O) groups is 2. The molecule has 2 amide bonds. The molecule has 2 heterocycles. The third kappa shape index (κ3) is 6.45. The highest BCUT2D eigenvalue weighted by molar-refractivity contribution is 5.93. The molecule has 0 aliphatic rings. The van der Waals surface area contributed by atoms with E-state index in [-0.39, 0.29) is 37.0 Å². The van der Waals surface area contributed by atoms with Gasteiger partial charge in [-0.3, -0.25) is 9.59 Å². The van der Waals surface area contributed by atoms with Crippen molar-refractivity contribution in [3.05, 3.63) is 60.2 Å². The summed E-state index contributed by atoms with van der Waals surface area (Å²) in [5, 5.41) is 6.81. The van der Waals surface area contributed by atoms with Crippen molar-refractivity contribution in [1.82, 2.24) is 20.3 Å². The van der Waals surface area contributed by atoms with E-state index in [9.17, 15) is 9.59 Å². The van der Waals surface area contributed by atoms with Gasteiger partial charge < -0.3 is 28.8 Å². The van der Waals surface area contributed by atoms with Gasteiger partial charge in [-0.15, -0.1) is 0 Å². The highest BCUT2D eigenvalue weighted by Crippen LogP contribution is 2.25. The number of carbonyl (C=O) groups excluding carboxylic acids is 2. The maximum Gasteiger partial charge on any atom is 0.276 e. The van der Waals surface area contributed by atoms with Crippen molar-refractivity contribution in [3.63, 3.8) is 0 Å². The Hall–Kier alpha value is -3.59. The zero-order valence-electron chi connectivity index (χ0n) is 18.5. The Labute approximate surface area is 186 Å². The Morgan fingerprint density at radius 2 is 1.97 bits per heavy atom. The number of hydrogen-bond donors (Lipinski definition) is 1. The lowest BCUT2D eigenvalue weighted by molar-refractivity contribution is -0.121. The largest absolute Gasteiger partial charge is 0.497 e. The number of aromatic nitrogens is 1. The average molecular weight is 441 g/mol. The summed E-state index contributed by atoms with van der Waals surface area (Å²) in [6.45, 7) is 1.73.